The van der Waals surface area contributed by atoms with E-state index >= 15 is 0 Å². The molecule has 1 fully saturated rings. The van der Waals surface area contributed by atoms with E-state index in [0.717, 1.165) is 0 Å². The van der Waals surface area contributed by atoms with E-state index < -0.39 is 17.7 Å². The number of rotatable bonds is 2. The van der Waals surface area contributed by atoms with Gasteiger partial charge in [0.2, 0.25) is 0 Å². The van der Waals surface area contributed by atoms with Crippen molar-refractivity contribution in [3.05, 3.63) is 46.7 Å². The highest BCUT2D eigenvalue weighted by Gasteiger charge is 2.37. The predicted octanol–water partition coefficient (Wildman–Crippen LogP) is 1.96. The van der Waals surface area contributed by atoms with Crippen LogP contribution in [0.15, 0.2) is 29.5 Å². The number of allylic oxidation sites excluding steroid dienone is 1. The first kappa shape index (κ1) is 17.8. The lowest BCUT2D eigenvalue weighted by atomic mass is 9.93. The lowest BCUT2D eigenvalue weighted by Crippen LogP contribution is -2.50. The molecular weight excluding hydrogens is 348 g/mol. The topological polar surface area (TPSA) is 44.8 Å². The van der Waals surface area contributed by atoms with Crippen LogP contribution in [0.4, 0.5) is 8.78 Å². The van der Waals surface area contributed by atoms with Gasteiger partial charge in [-0.15, -0.1) is 0 Å². The van der Waals surface area contributed by atoms with Crippen LogP contribution in [0.1, 0.15) is 18.5 Å². The Bertz CT molecular complexity index is 727. The van der Waals surface area contributed by atoms with Gasteiger partial charge in [-0.2, -0.15) is 0 Å². The molecule has 1 aromatic carbocycles. The van der Waals surface area contributed by atoms with E-state index in [1.807, 2.05) is 0 Å². The number of morpholine rings is 1. The monoisotopic (exact) mass is 367 g/mol. The molecule has 3 rings (SSSR count). The zero-order valence-corrected chi connectivity index (χ0v) is 14.8. The van der Waals surface area contributed by atoms with Crippen LogP contribution in [0.2, 0.25) is 0 Å². The zero-order chi connectivity index (χ0) is 18.1. The predicted molar refractivity (Wildman–Crippen MR) is 92.7 cm³/mol. The highest BCUT2D eigenvalue weighted by atomic mass is 32.1. The number of carbonyl (C=O) groups excluding carboxylic acids is 1. The molecule has 25 heavy (non-hydrogen) atoms. The summed E-state index contributed by atoms with van der Waals surface area (Å²) in [7, 11) is 1.71. The Hall–Kier alpha value is -2.06. The van der Waals surface area contributed by atoms with Gasteiger partial charge >= 0.3 is 0 Å². The van der Waals surface area contributed by atoms with Crippen molar-refractivity contribution in [3.63, 3.8) is 0 Å². The van der Waals surface area contributed by atoms with Crippen LogP contribution >= 0.6 is 12.2 Å². The molecule has 1 amide bonds. The zero-order valence-electron chi connectivity index (χ0n) is 14.0. The quantitative estimate of drug-likeness (QED) is 0.810. The van der Waals surface area contributed by atoms with Gasteiger partial charge in [0, 0.05) is 25.8 Å². The van der Waals surface area contributed by atoms with Crippen molar-refractivity contribution in [1.29, 1.82) is 0 Å². The van der Waals surface area contributed by atoms with Crippen molar-refractivity contribution in [2.24, 2.45) is 0 Å². The molecule has 1 aromatic rings. The van der Waals surface area contributed by atoms with Crippen LogP contribution in [0, 0.1) is 11.6 Å². The molecule has 2 aliphatic heterocycles. The molecule has 0 saturated carbocycles. The first-order valence-corrected chi connectivity index (χ1v) is 8.38. The molecule has 0 aliphatic carbocycles. The number of hydrogen-bond donors (Lipinski definition) is 1. The van der Waals surface area contributed by atoms with Crippen molar-refractivity contribution in [3.8, 4) is 0 Å². The van der Waals surface area contributed by atoms with Gasteiger partial charge < -0.3 is 19.9 Å². The minimum Gasteiger partial charge on any atom is -0.378 e. The van der Waals surface area contributed by atoms with Gasteiger partial charge in [-0.1, -0.05) is 6.07 Å². The number of nitrogens with one attached hydrogen (secondary N) is 1. The molecule has 0 radical (unpaired) electrons. The van der Waals surface area contributed by atoms with Gasteiger partial charge in [0.05, 0.1) is 30.4 Å². The Morgan fingerprint density at radius 2 is 1.88 bits per heavy atom. The van der Waals surface area contributed by atoms with Crippen molar-refractivity contribution in [2.45, 2.75) is 13.0 Å². The van der Waals surface area contributed by atoms with E-state index in [4.69, 9.17) is 17.0 Å². The van der Waals surface area contributed by atoms with Gasteiger partial charge in [-0.3, -0.25) is 4.79 Å². The Labute approximate surface area is 150 Å². The minimum atomic E-state index is -0.972. The summed E-state index contributed by atoms with van der Waals surface area (Å²) in [4.78, 5) is 16.4. The highest BCUT2D eigenvalue weighted by molar-refractivity contribution is 7.80. The molecule has 0 aromatic heterocycles. The van der Waals surface area contributed by atoms with Crippen molar-refractivity contribution in [2.75, 3.05) is 33.4 Å². The third-order valence-corrected chi connectivity index (χ3v) is 4.96. The molecule has 1 N–H and O–H groups in total. The normalized spacial score (nSPS) is 21.4. The summed E-state index contributed by atoms with van der Waals surface area (Å²) in [5.74, 6) is -1.70. The fourth-order valence-electron chi connectivity index (χ4n) is 3.05. The van der Waals surface area contributed by atoms with Crippen LogP contribution in [-0.2, 0) is 9.53 Å². The maximum Gasteiger partial charge on any atom is 0.254 e. The lowest BCUT2D eigenvalue weighted by molar-refractivity contribution is -0.131. The second kappa shape index (κ2) is 7.05. The summed E-state index contributed by atoms with van der Waals surface area (Å²) in [6, 6.07) is 2.67. The summed E-state index contributed by atoms with van der Waals surface area (Å²) < 4.78 is 34.0. The average molecular weight is 367 g/mol. The summed E-state index contributed by atoms with van der Waals surface area (Å²) in [6.07, 6.45) is 0. The van der Waals surface area contributed by atoms with Crippen LogP contribution in [0.3, 0.4) is 0 Å². The molecule has 0 spiro atoms. The maximum atomic E-state index is 14.4. The van der Waals surface area contributed by atoms with E-state index in [1.54, 1.807) is 23.8 Å². The fourth-order valence-corrected chi connectivity index (χ4v) is 3.31. The second-order valence-electron chi connectivity index (χ2n) is 5.98. The third-order valence-electron chi connectivity index (χ3n) is 4.57. The summed E-state index contributed by atoms with van der Waals surface area (Å²) >= 11 is 5.26. The van der Waals surface area contributed by atoms with Gasteiger partial charge in [-0.25, -0.2) is 8.78 Å². The van der Waals surface area contributed by atoms with Crippen molar-refractivity contribution < 1.29 is 18.3 Å². The largest absolute Gasteiger partial charge is 0.378 e. The van der Waals surface area contributed by atoms with Crippen LogP contribution in [0.25, 0.3) is 0 Å². The number of benzene rings is 1. The highest BCUT2D eigenvalue weighted by Crippen LogP contribution is 2.34. The molecule has 8 heteroatoms. The molecule has 1 saturated heterocycles. The van der Waals surface area contributed by atoms with Gasteiger partial charge in [0.15, 0.2) is 5.11 Å². The van der Waals surface area contributed by atoms with Crippen LogP contribution in [0.5, 0.6) is 0 Å². The number of ether oxygens (including phenoxy) is 1. The second-order valence-corrected chi connectivity index (χ2v) is 6.37. The van der Waals surface area contributed by atoms with Gasteiger partial charge in [-0.05, 0) is 31.3 Å². The standard InChI is InChI=1S/C17H19F2N3O2S/c1-10-13(16(23)22-6-8-24-9-7-22)15(20-17(25)21(10)2)14-11(18)4-3-5-12(14)19/h3-5,15H,6-9H2,1-2H3,(H,20,25)/t15-/m1/s1. The van der Waals surface area contributed by atoms with Gasteiger partial charge in [0.25, 0.3) is 5.91 Å². The molecular formula is C17H19F2N3O2S. The maximum absolute atomic E-state index is 14.4. The lowest BCUT2D eigenvalue weighted by Gasteiger charge is -2.38. The van der Waals surface area contributed by atoms with E-state index in [-0.39, 0.29) is 11.5 Å². The first-order valence-electron chi connectivity index (χ1n) is 7.97. The first-order chi connectivity index (χ1) is 11.9. The smallest absolute Gasteiger partial charge is 0.254 e. The number of nitrogens with zero attached hydrogens (tertiary/aromatic N) is 2. The molecule has 5 nitrogen and oxygen atoms in total. The fraction of sp³-hybridized carbons (Fsp3) is 0.412. The Balaban J connectivity index is 2.09. The number of thiocarbonyl (C=S) groups is 1. The Kier molecular flexibility index (Phi) is 5.01. The van der Waals surface area contributed by atoms with Crippen molar-refractivity contribution in [1.82, 2.24) is 15.1 Å². The number of hydrogen-bond acceptors (Lipinski definition) is 3. The van der Waals surface area contributed by atoms with E-state index in [2.05, 4.69) is 5.32 Å². The molecule has 2 heterocycles. The van der Waals surface area contributed by atoms with Crippen LogP contribution in [-0.4, -0.2) is 54.2 Å². The van der Waals surface area contributed by atoms with E-state index in [0.29, 0.717) is 42.7 Å². The van der Waals surface area contributed by atoms with Crippen molar-refractivity contribution >= 4 is 23.2 Å². The van der Waals surface area contributed by atoms with E-state index in [9.17, 15) is 13.6 Å². The Morgan fingerprint density at radius 3 is 2.48 bits per heavy atom. The van der Waals surface area contributed by atoms with Crippen LogP contribution < -0.4 is 5.32 Å². The Morgan fingerprint density at radius 1 is 1.28 bits per heavy atom. The molecule has 2 aliphatic rings. The number of amides is 1. The molecule has 1 atom stereocenters. The molecule has 0 unspecified atom stereocenters. The average Bonchev–Trinajstić information content (AvgIpc) is 2.60. The number of carbonyl (C=O) groups is 1. The minimum absolute atomic E-state index is 0.200. The third kappa shape index (κ3) is 3.23. The number of halogens is 2. The molecule has 134 valence electrons. The molecule has 0 bridgehead atoms. The van der Waals surface area contributed by atoms with E-state index in [1.165, 1.54) is 18.2 Å². The summed E-state index contributed by atoms with van der Waals surface area (Å²) in [6.45, 7) is 3.50. The van der Waals surface area contributed by atoms with Gasteiger partial charge in [0.1, 0.15) is 11.6 Å². The summed E-state index contributed by atoms with van der Waals surface area (Å²) in [5, 5.41) is 3.21. The summed E-state index contributed by atoms with van der Waals surface area (Å²) in [5.41, 5.74) is 0.670. The SMILES string of the molecule is CC1=C(C(=O)N2CCOCC2)[C@H](c2c(F)cccc2F)NC(=S)N1C.